The van der Waals surface area contributed by atoms with Crippen molar-refractivity contribution in [2.45, 2.75) is 32.7 Å². The second-order valence-electron chi connectivity index (χ2n) is 4.32. The molecule has 0 aromatic heterocycles. The summed E-state index contributed by atoms with van der Waals surface area (Å²) < 4.78 is 0. The monoisotopic (exact) mass is 213 g/mol. The molecule has 1 nitrogen and oxygen atoms in total. The van der Waals surface area contributed by atoms with Crippen LogP contribution in [-0.4, -0.2) is 0 Å². The fraction of sp³-hybridized carbons (Fsp3) is 0.333. The minimum atomic E-state index is 0.619. The van der Waals surface area contributed by atoms with Crippen LogP contribution in [-0.2, 0) is 13.0 Å². The van der Waals surface area contributed by atoms with Crippen molar-refractivity contribution in [2.24, 2.45) is 5.73 Å². The van der Waals surface area contributed by atoms with Crippen molar-refractivity contribution in [3.63, 3.8) is 0 Å². The van der Waals surface area contributed by atoms with Gasteiger partial charge in [-0.05, 0) is 40.8 Å². The van der Waals surface area contributed by atoms with Crippen LogP contribution in [0.5, 0.6) is 0 Å². The molecular formula is C15H19N. The van der Waals surface area contributed by atoms with Gasteiger partial charge in [0.1, 0.15) is 0 Å². The highest BCUT2D eigenvalue weighted by molar-refractivity contribution is 5.83. The van der Waals surface area contributed by atoms with E-state index in [1.165, 1.54) is 41.2 Å². The Morgan fingerprint density at radius 2 is 1.56 bits per heavy atom. The third-order valence-electron chi connectivity index (χ3n) is 3.02. The van der Waals surface area contributed by atoms with Gasteiger partial charge in [0.2, 0.25) is 0 Å². The number of benzene rings is 2. The third kappa shape index (κ3) is 2.42. The van der Waals surface area contributed by atoms with Crippen LogP contribution in [0.1, 0.15) is 30.9 Å². The van der Waals surface area contributed by atoms with Crippen molar-refractivity contribution in [3.8, 4) is 0 Å². The molecule has 0 fully saturated rings. The summed E-state index contributed by atoms with van der Waals surface area (Å²) in [6.45, 7) is 2.85. The average molecular weight is 213 g/mol. The van der Waals surface area contributed by atoms with Gasteiger partial charge in [0.05, 0.1) is 0 Å². The van der Waals surface area contributed by atoms with Crippen LogP contribution in [0.25, 0.3) is 10.8 Å². The minimum Gasteiger partial charge on any atom is -0.326 e. The van der Waals surface area contributed by atoms with E-state index in [4.69, 9.17) is 5.73 Å². The SMILES string of the molecule is CCCCc1ccc2cc(CN)ccc2c1. The molecule has 0 amide bonds. The third-order valence-corrected chi connectivity index (χ3v) is 3.02. The number of nitrogens with two attached hydrogens (primary N) is 1. The molecule has 0 aliphatic heterocycles. The fourth-order valence-electron chi connectivity index (χ4n) is 2.01. The van der Waals surface area contributed by atoms with E-state index in [-0.39, 0.29) is 0 Å². The van der Waals surface area contributed by atoms with Crippen LogP contribution < -0.4 is 5.73 Å². The van der Waals surface area contributed by atoms with Crippen LogP contribution >= 0.6 is 0 Å². The number of unbranched alkanes of at least 4 members (excludes halogenated alkanes) is 1. The molecule has 2 aromatic rings. The van der Waals surface area contributed by atoms with Gasteiger partial charge in [0, 0.05) is 6.54 Å². The zero-order valence-electron chi connectivity index (χ0n) is 9.87. The van der Waals surface area contributed by atoms with E-state index in [2.05, 4.69) is 43.3 Å². The Balaban J connectivity index is 2.32. The van der Waals surface area contributed by atoms with Gasteiger partial charge in [0.25, 0.3) is 0 Å². The van der Waals surface area contributed by atoms with E-state index >= 15 is 0 Å². The number of fused-ring (bicyclic) bond motifs is 1. The Hall–Kier alpha value is -1.34. The lowest BCUT2D eigenvalue weighted by Crippen LogP contribution is -1.95. The first-order chi connectivity index (χ1) is 7.83. The number of rotatable bonds is 4. The Kier molecular flexibility index (Phi) is 3.58. The van der Waals surface area contributed by atoms with Gasteiger partial charge < -0.3 is 5.73 Å². The smallest absolute Gasteiger partial charge is 0.0178 e. The Bertz CT molecular complexity index is 474. The van der Waals surface area contributed by atoms with Crippen LogP contribution in [0, 0.1) is 0 Å². The predicted octanol–water partition coefficient (Wildman–Crippen LogP) is 3.64. The highest BCUT2D eigenvalue weighted by Gasteiger charge is 1.98. The molecule has 2 rings (SSSR count). The predicted molar refractivity (Wildman–Crippen MR) is 70.5 cm³/mol. The molecule has 84 valence electrons. The first-order valence-electron chi connectivity index (χ1n) is 6.05. The summed E-state index contributed by atoms with van der Waals surface area (Å²) in [6.07, 6.45) is 3.71. The molecule has 1 heteroatoms. The minimum absolute atomic E-state index is 0.619. The maximum Gasteiger partial charge on any atom is 0.0178 e. The van der Waals surface area contributed by atoms with E-state index < -0.39 is 0 Å². The second-order valence-corrected chi connectivity index (χ2v) is 4.32. The molecule has 16 heavy (non-hydrogen) atoms. The van der Waals surface area contributed by atoms with Crippen molar-refractivity contribution >= 4 is 10.8 Å². The standard InChI is InChI=1S/C15H19N/c1-2-3-4-12-5-7-15-10-13(11-16)6-8-14(15)9-12/h5-10H,2-4,11,16H2,1H3. The molecule has 0 aliphatic carbocycles. The second kappa shape index (κ2) is 5.13. The summed E-state index contributed by atoms with van der Waals surface area (Å²) in [5.74, 6) is 0. The Labute approximate surface area is 97.3 Å². The summed E-state index contributed by atoms with van der Waals surface area (Å²) in [5.41, 5.74) is 8.28. The van der Waals surface area contributed by atoms with E-state index in [1.54, 1.807) is 0 Å². The lowest BCUT2D eigenvalue weighted by atomic mass is 10.0. The molecular weight excluding hydrogens is 194 g/mol. The van der Waals surface area contributed by atoms with Crippen molar-refractivity contribution < 1.29 is 0 Å². The van der Waals surface area contributed by atoms with Crippen LogP contribution in [0.2, 0.25) is 0 Å². The number of hydrogen-bond acceptors (Lipinski definition) is 1. The molecule has 2 aromatic carbocycles. The highest BCUT2D eigenvalue weighted by Crippen LogP contribution is 2.19. The maximum atomic E-state index is 5.64. The normalized spacial score (nSPS) is 10.9. The van der Waals surface area contributed by atoms with Gasteiger partial charge in [-0.25, -0.2) is 0 Å². The molecule has 0 bridgehead atoms. The van der Waals surface area contributed by atoms with Gasteiger partial charge in [-0.1, -0.05) is 43.7 Å². The van der Waals surface area contributed by atoms with Crippen molar-refractivity contribution in [1.82, 2.24) is 0 Å². The lowest BCUT2D eigenvalue weighted by molar-refractivity contribution is 0.796. The molecule has 0 aliphatic rings. The summed E-state index contributed by atoms with van der Waals surface area (Å²) in [4.78, 5) is 0. The maximum absolute atomic E-state index is 5.64. The molecule has 0 saturated heterocycles. The van der Waals surface area contributed by atoms with Gasteiger partial charge >= 0.3 is 0 Å². The largest absolute Gasteiger partial charge is 0.326 e. The summed E-state index contributed by atoms with van der Waals surface area (Å²) >= 11 is 0. The van der Waals surface area contributed by atoms with Crippen LogP contribution in [0.15, 0.2) is 36.4 Å². The van der Waals surface area contributed by atoms with E-state index in [9.17, 15) is 0 Å². The molecule has 0 saturated carbocycles. The van der Waals surface area contributed by atoms with Crippen molar-refractivity contribution in [3.05, 3.63) is 47.5 Å². The number of aryl methyl sites for hydroxylation is 1. The molecule has 0 heterocycles. The molecule has 0 atom stereocenters. The van der Waals surface area contributed by atoms with E-state index in [0.717, 1.165) is 0 Å². The topological polar surface area (TPSA) is 26.0 Å². The van der Waals surface area contributed by atoms with Crippen molar-refractivity contribution in [2.75, 3.05) is 0 Å². The fourth-order valence-corrected chi connectivity index (χ4v) is 2.01. The van der Waals surface area contributed by atoms with E-state index in [0.29, 0.717) is 6.54 Å². The average Bonchev–Trinajstić information content (AvgIpc) is 2.35. The van der Waals surface area contributed by atoms with Gasteiger partial charge in [-0.2, -0.15) is 0 Å². The Morgan fingerprint density at radius 3 is 2.19 bits per heavy atom. The summed E-state index contributed by atoms with van der Waals surface area (Å²) in [7, 11) is 0. The van der Waals surface area contributed by atoms with E-state index in [1.807, 2.05) is 0 Å². The van der Waals surface area contributed by atoms with Gasteiger partial charge in [-0.3, -0.25) is 0 Å². The van der Waals surface area contributed by atoms with Crippen LogP contribution in [0.4, 0.5) is 0 Å². The molecule has 0 radical (unpaired) electrons. The Morgan fingerprint density at radius 1 is 0.938 bits per heavy atom. The van der Waals surface area contributed by atoms with Gasteiger partial charge in [-0.15, -0.1) is 0 Å². The zero-order valence-corrected chi connectivity index (χ0v) is 9.87. The lowest BCUT2D eigenvalue weighted by Gasteiger charge is -2.04. The summed E-state index contributed by atoms with van der Waals surface area (Å²) in [5, 5.41) is 2.62. The zero-order chi connectivity index (χ0) is 11.4. The highest BCUT2D eigenvalue weighted by atomic mass is 14.5. The summed E-state index contributed by atoms with van der Waals surface area (Å²) in [6, 6.07) is 13.2. The van der Waals surface area contributed by atoms with Crippen molar-refractivity contribution in [1.29, 1.82) is 0 Å². The van der Waals surface area contributed by atoms with Gasteiger partial charge in [0.15, 0.2) is 0 Å². The molecule has 2 N–H and O–H groups in total. The first kappa shape index (κ1) is 11.2. The molecule has 0 spiro atoms. The molecule has 0 unspecified atom stereocenters. The quantitative estimate of drug-likeness (QED) is 0.824. The first-order valence-corrected chi connectivity index (χ1v) is 6.05. The van der Waals surface area contributed by atoms with Crippen LogP contribution in [0.3, 0.4) is 0 Å². The number of hydrogen-bond donors (Lipinski definition) is 1.